The van der Waals surface area contributed by atoms with Crippen molar-refractivity contribution in [1.29, 1.82) is 0 Å². The van der Waals surface area contributed by atoms with Gasteiger partial charge in [-0.2, -0.15) is 0 Å². The Kier molecular flexibility index (Phi) is 2.73. The normalized spacial score (nSPS) is 11.6. The van der Waals surface area contributed by atoms with Crippen LogP contribution in [-0.2, 0) is 9.05 Å². The summed E-state index contributed by atoms with van der Waals surface area (Å²) in [7, 11) is 3.00. The summed E-state index contributed by atoms with van der Waals surface area (Å²) in [5, 5.41) is 1.07. The van der Waals surface area contributed by atoms with E-state index >= 15 is 0 Å². The molecular formula is C10H8ClNO3S. The summed E-state index contributed by atoms with van der Waals surface area (Å²) in [5.41, 5.74) is 0. The van der Waals surface area contributed by atoms with E-state index in [0.717, 1.165) is 0 Å². The molecule has 16 heavy (non-hydrogen) atoms. The first-order valence-electron chi connectivity index (χ1n) is 4.40. The number of methoxy groups -OCH3 is 1. The van der Waals surface area contributed by atoms with Gasteiger partial charge in [0, 0.05) is 22.3 Å². The second-order valence-corrected chi connectivity index (χ2v) is 5.62. The number of ether oxygens (including phenoxy) is 1. The molecule has 2 rings (SSSR count). The Bertz CT molecular complexity index is 640. The van der Waals surface area contributed by atoms with Crippen LogP contribution in [0.1, 0.15) is 0 Å². The van der Waals surface area contributed by atoms with E-state index in [4.69, 9.17) is 15.4 Å². The Hall–Kier alpha value is -1.33. The van der Waals surface area contributed by atoms with Crippen LogP contribution in [-0.4, -0.2) is 20.5 Å². The van der Waals surface area contributed by atoms with Gasteiger partial charge in [-0.05, 0) is 29.7 Å². The predicted molar refractivity (Wildman–Crippen MR) is 61.3 cm³/mol. The van der Waals surface area contributed by atoms with Crippen LogP contribution < -0.4 is 4.74 Å². The Balaban J connectivity index is 2.80. The van der Waals surface area contributed by atoms with Crippen LogP contribution in [0.4, 0.5) is 0 Å². The maximum Gasteiger partial charge on any atom is 0.279 e. The number of fused-ring (bicyclic) bond motifs is 1. The maximum absolute atomic E-state index is 11.3. The van der Waals surface area contributed by atoms with E-state index in [2.05, 4.69) is 4.98 Å². The van der Waals surface area contributed by atoms with E-state index in [0.29, 0.717) is 16.5 Å². The SMILES string of the molecule is COc1ccc2c(S(=O)(=O)Cl)nccc2c1. The van der Waals surface area contributed by atoms with Crippen molar-refractivity contribution in [1.82, 2.24) is 4.98 Å². The van der Waals surface area contributed by atoms with Crippen LogP contribution >= 0.6 is 10.7 Å². The molecule has 4 nitrogen and oxygen atoms in total. The number of hydrogen-bond donors (Lipinski definition) is 0. The molecule has 0 aliphatic rings. The standard InChI is InChI=1S/C10H8ClNO3S/c1-15-8-2-3-9-7(6-8)4-5-12-10(9)16(11,13)14/h2-6H,1H3. The Morgan fingerprint density at radius 3 is 2.69 bits per heavy atom. The summed E-state index contributed by atoms with van der Waals surface area (Å²) < 4.78 is 27.6. The molecule has 0 bridgehead atoms. The fourth-order valence-corrected chi connectivity index (χ4v) is 2.45. The fraction of sp³-hybridized carbons (Fsp3) is 0.100. The van der Waals surface area contributed by atoms with Crippen LogP contribution in [0, 0.1) is 0 Å². The molecule has 0 amide bonds. The van der Waals surface area contributed by atoms with Crippen molar-refractivity contribution in [3.05, 3.63) is 30.5 Å². The van der Waals surface area contributed by atoms with Crippen molar-refractivity contribution in [2.75, 3.05) is 7.11 Å². The molecule has 0 atom stereocenters. The van der Waals surface area contributed by atoms with Gasteiger partial charge in [-0.25, -0.2) is 13.4 Å². The minimum Gasteiger partial charge on any atom is -0.497 e. The number of pyridine rings is 1. The van der Waals surface area contributed by atoms with Gasteiger partial charge in [0.1, 0.15) is 5.75 Å². The molecule has 1 aromatic heterocycles. The molecule has 0 fully saturated rings. The number of benzene rings is 1. The third kappa shape index (κ3) is 1.96. The second-order valence-electron chi connectivity index (χ2n) is 3.14. The van der Waals surface area contributed by atoms with E-state index < -0.39 is 9.05 Å². The minimum atomic E-state index is -3.83. The van der Waals surface area contributed by atoms with Crippen molar-refractivity contribution in [2.45, 2.75) is 5.03 Å². The lowest BCUT2D eigenvalue weighted by Crippen LogP contribution is -1.96. The Labute approximate surface area is 97.2 Å². The van der Waals surface area contributed by atoms with E-state index in [1.54, 1.807) is 31.4 Å². The number of nitrogens with zero attached hydrogens (tertiary/aromatic N) is 1. The lowest BCUT2D eigenvalue weighted by molar-refractivity contribution is 0.415. The summed E-state index contributed by atoms with van der Waals surface area (Å²) in [6.07, 6.45) is 1.40. The highest BCUT2D eigenvalue weighted by molar-refractivity contribution is 8.13. The van der Waals surface area contributed by atoms with Gasteiger partial charge in [0.05, 0.1) is 7.11 Å². The van der Waals surface area contributed by atoms with Crippen molar-refractivity contribution in [3.8, 4) is 5.75 Å². The summed E-state index contributed by atoms with van der Waals surface area (Å²) in [6.45, 7) is 0. The molecule has 0 unspecified atom stereocenters. The van der Waals surface area contributed by atoms with Crippen LogP contribution in [0.3, 0.4) is 0 Å². The van der Waals surface area contributed by atoms with Crippen LogP contribution in [0.25, 0.3) is 10.8 Å². The van der Waals surface area contributed by atoms with Crippen molar-refractivity contribution < 1.29 is 13.2 Å². The van der Waals surface area contributed by atoms with Crippen LogP contribution in [0.15, 0.2) is 35.5 Å². The summed E-state index contributed by atoms with van der Waals surface area (Å²) in [6, 6.07) is 6.71. The molecule has 1 aromatic carbocycles. The van der Waals surface area contributed by atoms with Gasteiger partial charge >= 0.3 is 0 Å². The smallest absolute Gasteiger partial charge is 0.279 e. The lowest BCUT2D eigenvalue weighted by atomic mass is 10.2. The highest BCUT2D eigenvalue weighted by Crippen LogP contribution is 2.26. The molecule has 0 spiro atoms. The quantitative estimate of drug-likeness (QED) is 0.774. The van der Waals surface area contributed by atoms with Crippen molar-refractivity contribution in [3.63, 3.8) is 0 Å². The molecule has 0 aliphatic heterocycles. The molecule has 1 heterocycles. The predicted octanol–water partition coefficient (Wildman–Crippen LogP) is 2.17. The average Bonchev–Trinajstić information content (AvgIpc) is 2.26. The largest absolute Gasteiger partial charge is 0.497 e. The topological polar surface area (TPSA) is 56.3 Å². The second kappa shape index (κ2) is 3.92. The highest BCUT2D eigenvalue weighted by Gasteiger charge is 2.15. The van der Waals surface area contributed by atoms with E-state index in [-0.39, 0.29) is 5.03 Å². The van der Waals surface area contributed by atoms with Gasteiger partial charge in [0.25, 0.3) is 9.05 Å². The number of halogens is 1. The Morgan fingerprint density at radius 2 is 2.06 bits per heavy atom. The highest BCUT2D eigenvalue weighted by atomic mass is 35.7. The summed E-state index contributed by atoms with van der Waals surface area (Å²) >= 11 is 0. The molecule has 0 aliphatic carbocycles. The third-order valence-corrected chi connectivity index (χ3v) is 3.39. The number of aromatic nitrogens is 1. The van der Waals surface area contributed by atoms with Gasteiger partial charge in [0.15, 0.2) is 5.03 Å². The number of hydrogen-bond acceptors (Lipinski definition) is 4. The average molecular weight is 258 g/mol. The maximum atomic E-state index is 11.3. The fourth-order valence-electron chi connectivity index (χ4n) is 1.45. The Morgan fingerprint density at radius 1 is 1.31 bits per heavy atom. The zero-order valence-electron chi connectivity index (χ0n) is 8.34. The summed E-state index contributed by atoms with van der Waals surface area (Å²) in [4.78, 5) is 3.77. The monoisotopic (exact) mass is 257 g/mol. The zero-order chi connectivity index (χ0) is 11.8. The molecule has 6 heteroatoms. The first-order chi connectivity index (χ1) is 7.52. The first kappa shape index (κ1) is 11.2. The molecule has 0 radical (unpaired) electrons. The van der Waals surface area contributed by atoms with E-state index in [9.17, 15) is 8.42 Å². The van der Waals surface area contributed by atoms with Gasteiger partial charge in [0.2, 0.25) is 0 Å². The van der Waals surface area contributed by atoms with Crippen molar-refractivity contribution in [2.24, 2.45) is 0 Å². The van der Waals surface area contributed by atoms with Gasteiger partial charge in [-0.1, -0.05) is 0 Å². The van der Waals surface area contributed by atoms with Crippen molar-refractivity contribution >= 4 is 30.5 Å². The molecule has 0 saturated heterocycles. The van der Waals surface area contributed by atoms with Gasteiger partial charge < -0.3 is 4.74 Å². The van der Waals surface area contributed by atoms with Crippen LogP contribution in [0.5, 0.6) is 5.75 Å². The number of rotatable bonds is 2. The van der Waals surface area contributed by atoms with Crippen LogP contribution in [0.2, 0.25) is 0 Å². The van der Waals surface area contributed by atoms with E-state index in [1.807, 2.05) is 0 Å². The zero-order valence-corrected chi connectivity index (χ0v) is 9.92. The van der Waals surface area contributed by atoms with E-state index in [1.165, 1.54) is 6.20 Å². The van der Waals surface area contributed by atoms with Gasteiger partial charge in [-0.3, -0.25) is 0 Å². The molecule has 2 aromatic rings. The molecular weight excluding hydrogens is 250 g/mol. The molecule has 84 valence electrons. The molecule has 0 saturated carbocycles. The van der Waals surface area contributed by atoms with Gasteiger partial charge in [-0.15, -0.1) is 0 Å². The first-order valence-corrected chi connectivity index (χ1v) is 6.71. The summed E-state index contributed by atoms with van der Waals surface area (Å²) in [5.74, 6) is 0.650. The third-order valence-electron chi connectivity index (χ3n) is 2.17. The molecule has 0 N–H and O–H groups in total. The lowest BCUT2D eigenvalue weighted by Gasteiger charge is -2.04. The minimum absolute atomic E-state index is 0.130.